The van der Waals surface area contributed by atoms with E-state index in [1.807, 2.05) is 54.3 Å². The fraction of sp³-hybridized carbons (Fsp3) is 0.333. The van der Waals surface area contributed by atoms with Crippen molar-refractivity contribution in [1.29, 1.82) is 0 Å². The summed E-state index contributed by atoms with van der Waals surface area (Å²) in [6, 6.07) is 16.0. The van der Waals surface area contributed by atoms with Crippen molar-refractivity contribution < 1.29 is 13.9 Å². The Kier molecular flexibility index (Phi) is 6.59. The van der Waals surface area contributed by atoms with Crippen LogP contribution in [-0.2, 0) is 11.4 Å². The van der Waals surface area contributed by atoms with Crippen molar-refractivity contribution in [3.05, 3.63) is 65.0 Å². The summed E-state index contributed by atoms with van der Waals surface area (Å²) in [7, 11) is 0. The molecule has 0 spiro atoms. The minimum Gasteiger partial charge on any atom is -0.484 e. The first-order valence-electron chi connectivity index (χ1n) is 10.9. The number of carbonyl (C=O) groups excluding carboxylic acids is 1. The van der Waals surface area contributed by atoms with Crippen molar-refractivity contribution >= 4 is 39.2 Å². The summed E-state index contributed by atoms with van der Waals surface area (Å²) < 4.78 is 12.5. The number of fused-ring (bicyclic) bond motifs is 1. The third kappa shape index (κ3) is 5.36. The van der Waals surface area contributed by atoms with Gasteiger partial charge < -0.3 is 14.1 Å². The van der Waals surface area contributed by atoms with Crippen LogP contribution in [0.3, 0.4) is 0 Å². The van der Waals surface area contributed by atoms with E-state index >= 15 is 0 Å². The summed E-state index contributed by atoms with van der Waals surface area (Å²) in [6.07, 6.45) is 2.04. The first-order chi connectivity index (χ1) is 16.1. The van der Waals surface area contributed by atoms with E-state index in [1.165, 1.54) is 16.5 Å². The van der Waals surface area contributed by atoms with E-state index in [9.17, 15) is 4.79 Å². The Morgan fingerprint density at radius 2 is 2.15 bits per heavy atom. The van der Waals surface area contributed by atoms with E-state index in [-0.39, 0.29) is 18.3 Å². The summed E-state index contributed by atoms with van der Waals surface area (Å²) >= 11 is 3.00. The molecule has 5 rings (SSSR count). The largest absolute Gasteiger partial charge is 0.484 e. The highest BCUT2D eigenvalue weighted by molar-refractivity contribution is 7.99. The molecule has 0 N–H and O–H groups in total. The number of likely N-dealkylation sites (tertiary alicyclic amines) is 1. The van der Waals surface area contributed by atoms with Crippen molar-refractivity contribution in [2.75, 3.05) is 18.8 Å². The minimum absolute atomic E-state index is 0.0848. The van der Waals surface area contributed by atoms with Crippen molar-refractivity contribution in [2.45, 2.75) is 37.5 Å². The van der Waals surface area contributed by atoms with Gasteiger partial charge in [-0.15, -0.1) is 21.5 Å². The maximum absolute atomic E-state index is 12.8. The molecule has 2 aromatic carbocycles. The number of thioether (sulfide) groups is 1. The van der Waals surface area contributed by atoms with Crippen LogP contribution in [0.25, 0.3) is 10.2 Å². The SMILES string of the molecule is Cc1cccc(OCc2nnc(SCC(=O)N3CCC[C@@H](c4nc5ccccc5s4)C3)o2)c1. The molecule has 1 amide bonds. The van der Waals surface area contributed by atoms with Crippen LogP contribution in [-0.4, -0.2) is 44.8 Å². The Morgan fingerprint density at radius 3 is 3.03 bits per heavy atom. The predicted molar refractivity (Wildman–Crippen MR) is 129 cm³/mol. The fourth-order valence-corrected chi connectivity index (χ4v) is 5.67. The van der Waals surface area contributed by atoms with Crippen LogP contribution < -0.4 is 4.74 Å². The number of hydrogen-bond acceptors (Lipinski definition) is 8. The molecule has 0 saturated carbocycles. The molecule has 170 valence electrons. The molecular formula is C24H24N4O3S2. The monoisotopic (exact) mass is 480 g/mol. The molecule has 33 heavy (non-hydrogen) atoms. The van der Waals surface area contributed by atoms with E-state index in [4.69, 9.17) is 14.1 Å². The van der Waals surface area contributed by atoms with E-state index in [0.29, 0.717) is 23.6 Å². The second-order valence-electron chi connectivity index (χ2n) is 8.05. The van der Waals surface area contributed by atoms with Gasteiger partial charge in [-0.1, -0.05) is 36.0 Å². The number of carbonyl (C=O) groups is 1. The number of piperidine rings is 1. The van der Waals surface area contributed by atoms with Crippen LogP contribution in [0, 0.1) is 6.92 Å². The lowest BCUT2D eigenvalue weighted by Crippen LogP contribution is -2.40. The molecule has 0 unspecified atom stereocenters. The molecule has 9 heteroatoms. The number of aryl methyl sites for hydroxylation is 1. The average Bonchev–Trinajstić information content (AvgIpc) is 3.48. The number of hydrogen-bond donors (Lipinski definition) is 0. The maximum atomic E-state index is 12.8. The minimum atomic E-state index is 0.0848. The van der Waals surface area contributed by atoms with Gasteiger partial charge in [0.2, 0.25) is 5.91 Å². The van der Waals surface area contributed by atoms with Gasteiger partial charge in [0.15, 0.2) is 6.61 Å². The van der Waals surface area contributed by atoms with Gasteiger partial charge in [-0.05, 0) is 49.6 Å². The summed E-state index contributed by atoms with van der Waals surface area (Å²) in [5.41, 5.74) is 2.16. The lowest BCUT2D eigenvalue weighted by Gasteiger charge is -2.31. The van der Waals surface area contributed by atoms with Crippen molar-refractivity contribution in [2.24, 2.45) is 0 Å². The summed E-state index contributed by atoms with van der Waals surface area (Å²) in [6.45, 7) is 3.69. The third-order valence-electron chi connectivity index (χ3n) is 5.55. The molecule has 0 aliphatic carbocycles. The van der Waals surface area contributed by atoms with Gasteiger partial charge in [0.25, 0.3) is 11.1 Å². The number of para-hydroxylation sites is 1. The maximum Gasteiger partial charge on any atom is 0.277 e. The van der Waals surface area contributed by atoms with Crippen LogP contribution in [0.5, 0.6) is 5.75 Å². The highest BCUT2D eigenvalue weighted by Gasteiger charge is 2.27. The van der Waals surface area contributed by atoms with Crippen molar-refractivity contribution in [3.8, 4) is 5.75 Å². The lowest BCUT2D eigenvalue weighted by atomic mass is 9.99. The lowest BCUT2D eigenvalue weighted by molar-refractivity contribution is -0.129. The molecule has 0 bridgehead atoms. The molecule has 1 fully saturated rings. The number of amides is 1. The molecule has 1 aliphatic heterocycles. The van der Waals surface area contributed by atoms with Crippen LogP contribution in [0.2, 0.25) is 0 Å². The van der Waals surface area contributed by atoms with Gasteiger partial charge in [0.1, 0.15) is 5.75 Å². The standard InChI is InChI=1S/C24H24N4O3S2/c1-16-6-4-8-18(12-16)30-14-21-26-27-24(31-21)32-15-22(29)28-11-5-7-17(13-28)23-25-19-9-2-3-10-20(19)33-23/h2-4,6,8-10,12,17H,5,7,11,13-15H2,1H3/t17-/m1/s1. The predicted octanol–water partition coefficient (Wildman–Crippen LogP) is 5.07. The Labute approximate surface area is 200 Å². The zero-order valence-electron chi connectivity index (χ0n) is 18.3. The Morgan fingerprint density at radius 1 is 1.24 bits per heavy atom. The normalized spacial score (nSPS) is 16.3. The molecule has 0 radical (unpaired) electrons. The molecule has 2 aromatic heterocycles. The van der Waals surface area contributed by atoms with Crippen molar-refractivity contribution in [1.82, 2.24) is 20.1 Å². The number of nitrogens with zero attached hydrogens (tertiary/aromatic N) is 4. The van der Waals surface area contributed by atoms with Gasteiger partial charge in [-0.25, -0.2) is 4.98 Å². The summed E-state index contributed by atoms with van der Waals surface area (Å²) in [5.74, 6) is 1.79. The quantitative estimate of drug-likeness (QED) is 0.342. The third-order valence-corrected chi connectivity index (χ3v) is 7.56. The Bertz CT molecular complexity index is 1220. The first-order valence-corrected chi connectivity index (χ1v) is 12.7. The van der Waals surface area contributed by atoms with Gasteiger partial charge in [0.05, 0.1) is 21.0 Å². The fourth-order valence-electron chi connectivity index (χ4n) is 3.89. The van der Waals surface area contributed by atoms with Gasteiger partial charge in [-0.3, -0.25) is 4.79 Å². The molecule has 1 saturated heterocycles. The topological polar surface area (TPSA) is 81.4 Å². The Balaban J connectivity index is 1.13. The number of benzene rings is 2. The number of ether oxygens (including phenoxy) is 1. The van der Waals surface area contributed by atoms with Crippen molar-refractivity contribution in [3.63, 3.8) is 0 Å². The highest BCUT2D eigenvalue weighted by atomic mass is 32.2. The molecule has 4 aromatic rings. The first kappa shape index (κ1) is 21.9. The summed E-state index contributed by atoms with van der Waals surface area (Å²) in [5, 5.41) is 9.56. The van der Waals surface area contributed by atoms with E-state index in [1.54, 1.807) is 11.3 Å². The van der Waals surface area contributed by atoms with Crippen LogP contribution in [0.1, 0.15) is 35.2 Å². The van der Waals surface area contributed by atoms with Crippen LogP contribution in [0.4, 0.5) is 0 Å². The van der Waals surface area contributed by atoms with Gasteiger partial charge >= 0.3 is 0 Å². The molecule has 1 aliphatic rings. The average molecular weight is 481 g/mol. The van der Waals surface area contributed by atoms with Gasteiger partial charge in [0, 0.05) is 19.0 Å². The number of aromatic nitrogens is 3. The second-order valence-corrected chi connectivity index (χ2v) is 10.0. The van der Waals surface area contributed by atoms with Crippen LogP contribution >= 0.6 is 23.1 Å². The van der Waals surface area contributed by atoms with E-state index in [0.717, 1.165) is 41.2 Å². The number of thiazole rings is 1. The zero-order valence-corrected chi connectivity index (χ0v) is 19.9. The molecular weight excluding hydrogens is 456 g/mol. The van der Waals surface area contributed by atoms with E-state index < -0.39 is 0 Å². The smallest absolute Gasteiger partial charge is 0.277 e. The zero-order chi connectivity index (χ0) is 22.6. The summed E-state index contributed by atoms with van der Waals surface area (Å²) in [4.78, 5) is 19.6. The van der Waals surface area contributed by atoms with Gasteiger partial charge in [-0.2, -0.15) is 0 Å². The molecule has 7 nitrogen and oxygen atoms in total. The Hall–Kier alpha value is -2.91. The highest BCUT2D eigenvalue weighted by Crippen LogP contribution is 2.33. The van der Waals surface area contributed by atoms with Crippen LogP contribution in [0.15, 0.2) is 58.2 Å². The second kappa shape index (κ2) is 9.93. The molecule has 3 heterocycles. The number of rotatable bonds is 7. The van der Waals surface area contributed by atoms with E-state index in [2.05, 4.69) is 16.3 Å². The molecule has 1 atom stereocenters.